The van der Waals surface area contributed by atoms with Crippen LogP contribution < -0.4 is 5.32 Å². The van der Waals surface area contributed by atoms with Crippen LogP contribution in [0.1, 0.15) is 22.9 Å². The molecule has 1 N–H and O–H groups in total. The third-order valence-corrected chi connectivity index (χ3v) is 7.74. The van der Waals surface area contributed by atoms with Crippen LogP contribution >= 0.6 is 22.7 Å². The maximum absolute atomic E-state index is 12.9. The number of anilines is 1. The molecule has 0 saturated heterocycles. The standard InChI is InChI=1S/C25H23N3O3S2/c1-2-31-25(30)28-13-12-17-20(15-28)33-24(27-21(29)14-16-8-4-3-5-9-16)22(17)23-26-18-10-6-7-11-19(18)32-23/h3-11H,2,12-15H2,1H3,(H,27,29). The van der Waals surface area contributed by atoms with Gasteiger partial charge >= 0.3 is 6.09 Å². The Hall–Kier alpha value is -3.23. The number of amides is 2. The molecule has 0 radical (unpaired) electrons. The second kappa shape index (κ2) is 9.33. The molecule has 1 aliphatic rings. The highest BCUT2D eigenvalue weighted by molar-refractivity contribution is 7.22. The average Bonchev–Trinajstić information content (AvgIpc) is 3.39. The van der Waals surface area contributed by atoms with Crippen LogP contribution in [-0.4, -0.2) is 35.0 Å². The van der Waals surface area contributed by atoms with Gasteiger partial charge in [0.05, 0.1) is 29.8 Å². The lowest BCUT2D eigenvalue weighted by molar-refractivity contribution is -0.115. The highest BCUT2D eigenvalue weighted by Gasteiger charge is 2.30. The Kier molecular flexibility index (Phi) is 6.11. The van der Waals surface area contributed by atoms with Crippen LogP contribution in [0.2, 0.25) is 0 Å². The fourth-order valence-electron chi connectivity index (χ4n) is 4.02. The lowest BCUT2D eigenvalue weighted by Crippen LogP contribution is -2.35. The first-order chi connectivity index (χ1) is 16.1. The lowest BCUT2D eigenvalue weighted by atomic mass is 10.0. The van der Waals surface area contributed by atoms with Crippen LogP contribution in [-0.2, 0) is 28.9 Å². The van der Waals surface area contributed by atoms with Gasteiger partial charge in [0.1, 0.15) is 10.0 Å². The van der Waals surface area contributed by atoms with Gasteiger partial charge in [0.2, 0.25) is 5.91 Å². The molecule has 3 heterocycles. The van der Waals surface area contributed by atoms with E-state index < -0.39 is 0 Å². The molecule has 0 fully saturated rings. The summed E-state index contributed by atoms with van der Waals surface area (Å²) in [5.41, 5.74) is 4.06. The van der Waals surface area contributed by atoms with Crippen molar-refractivity contribution in [2.75, 3.05) is 18.5 Å². The minimum absolute atomic E-state index is 0.0654. The number of aromatic nitrogens is 1. The van der Waals surface area contributed by atoms with Crippen molar-refractivity contribution in [2.45, 2.75) is 26.3 Å². The van der Waals surface area contributed by atoms with E-state index in [9.17, 15) is 9.59 Å². The summed E-state index contributed by atoms with van der Waals surface area (Å²) in [4.78, 5) is 32.9. The van der Waals surface area contributed by atoms with Crippen molar-refractivity contribution < 1.29 is 14.3 Å². The Bertz CT molecular complexity index is 1280. The van der Waals surface area contributed by atoms with Gasteiger partial charge < -0.3 is 15.0 Å². The molecule has 4 aromatic rings. The summed E-state index contributed by atoms with van der Waals surface area (Å²) in [6.07, 6.45) is 0.704. The fourth-order valence-corrected chi connectivity index (χ4v) is 6.41. The summed E-state index contributed by atoms with van der Waals surface area (Å²) >= 11 is 3.16. The van der Waals surface area contributed by atoms with Crippen LogP contribution in [0.25, 0.3) is 20.8 Å². The van der Waals surface area contributed by atoms with Crippen molar-refractivity contribution >= 4 is 49.9 Å². The molecule has 33 heavy (non-hydrogen) atoms. The number of fused-ring (bicyclic) bond motifs is 2. The molecular weight excluding hydrogens is 454 g/mol. The van der Waals surface area contributed by atoms with E-state index in [-0.39, 0.29) is 12.0 Å². The van der Waals surface area contributed by atoms with Crippen molar-refractivity contribution in [1.29, 1.82) is 0 Å². The third-order valence-electron chi connectivity index (χ3n) is 5.55. The average molecular weight is 478 g/mol. The highest BCUT2D eigenvalue weighted by atomic mass is 32.1. The number of thiazole rings is 1. The van der Waals surface area contributed by atoms with E-state index in [1.54, 1.807) is 16.2 Å². The monoisotopic (exact) mass is 477 g/mol. The van der Waals surface area contributed by atoms with Crippen LogP contribution in [0.15, 0.2) is 54.6 Å². The largest absolute Gasteiger partial charge is 0.450 e. The van der Waals surface area contributed by atoms with Crippen LogP contribution in [0.5, 0.6) is 0 Å². The zero-order chi connectivity index (χ0) is 22.8. The van der Waals surface area contributed by atoms with E-state index in [2.05, 4.69) is 11.4 Å². The maximum Gasteiger partial charge on any atom is 0.410 e. The van der Waals surface area contributed by atoms with Gasteiger partial charge in [0, 0.05) is 17.0 Å². The quantitative estimate of drug-likeness (QED) is 0.399. The van der Waals surface area contributed by atoms with E-state index >= 15 is 0 Å². The topological polar surface area (TPSA) is 71.5 Å². The van der Waals surface area contributed by atoms with E-state index in [0.717, 1.165) is 41.8 Å². The number of carbonyl (C=O) groups is 2. The zero-order valence-corrected chi connectivity index (χ0v) is 19.8. The minimum atomic E-state index is -0.298. The number of ether oxygens (including phenoxy) is 1. The molecule has 0 saturated carbocycles. The van der Waals surface area contributed by atoms with Gasteiger partial charge in [0.15, 0.2) is 0 Å². The fraction of sp³-hybridized carbons (Fsp3) is 0.240. The molecular formula is C25H23N3O3S2. The van der Waals surface area contributed by atoms with Gasteiger partial charge in [-0.15, -0.1) is 22.7 Å². The Morgan fingerprint density at radius 3 is 2.67 bits per heavy atom. The van der Waals surface area contributed by atoms with Gasteiger partial charge in [-0.05, 0) is 36.6 Å². The molecule has 2 aromatic heterocycles. The number of benzene rings is 2. The molecule has 6 nitrogen and oxygen atoms in total. The molecule has 0 atom stereocenters. The molecule has 0 unspecified atom stereocenters. The Morgan fingerprint density at radius 2 is 1.88 bits per heavy atom. The molecule has 1 aliphatic heterocycles. The molecule has 168 valence electrons. The SMILES string of the molecule is CCOC(=O)N1CCc2c(sc(NC(=O)Cc3ccccc3)c2-c2nc3ccccc3s2)C1. The third kappa shape index (κ3) is 4.49. The van der Waals surface area contributed by atoms with Gasteiger partial charge in [-0.2, -0.15) is 0 Å². The summed E-state index contributed by atoms with van der Waals surface area (Å²) in [6.45, 7) is 3.22. The van der Waals surface area contributed by atoms with E-state index in [0.29, 0.717) is 32.5 Å². The van der Waals surface area contributed by atoms with Crippen molar-refractivity contribution in [3.63, 3.8) is 0 Å². The summed E-state index contributed by atoms with van der Waals surface area (Å²) in [5, 5.41) is 4.83. The molecule has 0 bridgehead atoms. The first-order valence-electron chi connectivity index (χ1n) is 10.9. The summed E-state index contributed by atoms with van der Waals surface area (Å²) in [6, 6.07) is 17.8. The number of hydrogen-bond donors (Lipinski definition) is 1. The van der Waals surface area contributed by atoms with Crippen LogP contribution in [0.3, 0.4) is 0 Å². The van der Waals surface area contributed by atoms with Gasteiger partial charge in [-0.25, -0.2) is 9.78 Å². The van der Waals surface area contributed by atoms with Crippen molar-refractivity contribution in [1.82, 2.24) is 9.88 Å². The van der Waals surface area contributed by atoms with E-state index in [1.807, 2.05) is 55.5 Å². The number of thiophene rings is 1. The summed E-state index contributed by atoms with van der Waals surface area (Å²) in [7, 11) is 0. The number of nitrogens with zero attached hydrogens (tertiary/aromatic N) is 2. The van der Waals surface area contributed by atoms with Gasteiger partial charge in [-0.1, -0.05) is 42.5 Å². The van der Waals surface area contributed by atoms with Crippen molar-refractivity contribution in [3.05, 3.63) is 70.6 Å². The first-order valence-corrected chi connectivity index (χ1v) is 12.5. The molecule has 2 amide bonds. The van der Waals surface area contributed by atoms with E-state index in [4.69, 9.17) is 9.72 Å². The van der Waals surface area contributed by atoms with E-state index in [1.165, 1.54) is 11.3 Å². The number of carbonyl (C=O) groups excluding carboxylic acids is 2. The summed E-state index contributed by atoms with van der Waals surface area (Å²) in [5.74, 6) is -0.0654. The van der Waals surface area contributed by atoms with Gasteiger partial charge in [-0.3, -0.25) is 4.79 Å². The zero-order valence-electron chi connectivity index (χ0n) is 18.2. The normalized spacial score (nSPS) is 13.1. The van der Waals surface area contributed by atoms with Crippen molar-refractivity contribution in [3.8, 4) is 10.6 Å². The maximum atomic E-state index is 12.9. The lowest BCUT2D eigenvalue weighted by Gasteiger charge is -2.26. The molecule has 8 heteroatoms. The molecule has 5 rings (SSSR count). The highest BCUT2D eigenvalue weighted by Crippen LogP contribution is 2.45. The summed E-state index contributed by atoms with van der Waals surface area (Å²) < 4.78 is 6.31. The molecule has 0 spiro atoms. The Labute approximate surface area is 199 Å². The molecule has 2 aromatic carbocycles. The number of rotatable bonds is 5. The number of hydrogen-bond acceptors (Lipinski definition) is 6. The predicted molar refractivity (Wildman–Crippen MR) is 133 cm³/mol. The Balaban J connectivity index is 1.50. The minimum Gasteiger partial charge on any atom is -0.450 e. The predicted octanol–water partition coefficient (Wildman–Crippen LogP) is 5.72. The number of para-hydroxylation sites is 1. The number of nitrogens with one attached hydrogen (secondary N) is 1. The van der Waals surface area contributed by atoms with Crippen LogP contribution in [0, 0.1) is 0 Å². The van der Waals surface area contributed by atoms with Gasteiger partial charge in [0.25, 0.3) is 0 Å². The van der Waals surface area contributed by atoms with Crippen molar-refractivity contribution in [2.24, 2.45) is 0 Å². The van der Waals surface area contributed by atoms with Crippen LogP contribution in [0.4, 0.5) is 9.80 Å². The first kappa shape index (κ1) is 21.6. The second-order valence-electron chi connectivity index (χ2n) is 7.78. The molecule has 0 aliphatic carbocycles. The Morgan fingerprint density at radius 1 is 1.09 bits per heavy atom. The second-order valence-corrected chi connectivity index (χ2v) is 9.91. The smallest absolute Gasteiger partial charge is 0.410 e.